The molecule has 3 atom stereocenters. The van der Waals surface area contributed by atoms with Crippen molar-refractivity contribution in [2.45, 2.75) is 103 Å². The van der Waals surface area contributed by atoms with E-state index in [0.29, 0.717) is 5.92 Å². The maximum absolute atomic E-state index is 12.5. The fraction of sp³-hybridized carbons (Fsp3) is 0.391. The van der Waals surface area contributed by atoms with Crippen LogP contribution in [-0.2, 0) is 15.9 Å². The third-order valence-electron chi connectivity index (χ3n) is 12.4. The van der Waals surface area contributed by atoms with Gasteiger partial charge in [-0.3, -0.25) is 0 Å². The van der Waals surface area contributed by atoms with E-state index >= 15 is 0 Å². The van der Waals surface area contributed by atoms with Gasteiger partial charge in [-0.1, -0.05) is 155 Å². The minimum absolute atomic E-state index is 0.140. The van der Waals surface area contributed by atoms with Gasteiger partial charge in [-0.05, 0) is 91.0 Å². The van der Waals surface area contributed by atoms with Crippen LogP contribution in [0.5, 0.6) is 0 Å². The van der Waals surface area contributed by atoms with Crippen molar-refractivity contribution in [2.24, 2.45) is 11.3 Å². The third kappa shape index (κ3) is 4.82. The van der Waals surface area contributed by atoms with Gasteiger partial charge < -0.3 is 9.84 Å². The largest absolute Gasteiger partial charge is 0.377 e. The minimum atomic E-state index is -1.15. The zero-order valence-corrected chi connectivity index (χ0v) is 29.8. The average Bonchev–Trinajstić information content (AvgIpc) is 3.52. The normalized spacial score (nSPS) is 23.6. The molecule has 1 N–H and O–H groups in total. The molecule has 4 aromatic rings. The average molecular weight is 637 g/mol. The number of aliphatic hydroxyl groups is 1. The molecule has 248 valence electrons. The van der Waals surface area contributed by atoms with Gasteiger partial charge in [0.05, 0.1) is 5.60 Å². The van der Waals surface area contributed by atoms with Crippen molar-refractivity contribution >= 4 is 0 Å². The number of ether oxygens (including phenoxy) is 1. The molecule has 0 radical (unpaired) electrons. The number of unbranched alkanes of at least 4 members (excludes halogenated alkanes) is 2. The van der Waals surface area contributed by atoms with E-state index < -0.39 is 11.2 Å². The highest BCUT2D eigenvalue weighted by atomic mass is 16.5. The Morgan fingerprint density at radius 3 is 1.67 bits per heavy atom. The molecule has 0 fully saturated rings. The van der Waals surface area contributed by atoms with E-state index in [2.05, 4.69) is 139 Å². The molecule has 1 aliphatic heterocycles. The first-order valence-corrected chi connectivity index (χ1v) is 18.4. The van der Waals surface area contributed by atoms with Crippen LogP contribution in [0.15, 0.2) is 120 Å². The van der Waals surface area contributed by atoms with E-state index in [0.717, 1.165) is 47.9 Å². The van der Waals surface area contributed by atoms with Crippen molar-refractivity contribution in [1.82, 2.24) is 0 Å². The number of fused-ring (bicyclic) bond motifs is 8. The summed E-state index contributed by atoms with van der Waals surface area (Å²) in [5.41, 5.74) is 9.73. The van der Waals surface area contributed by atoms with Gasteiger partial charge in [-0.15, -0.1) is 0 Å². The summed E-state index contributed by atoms with van der Waals surface area (Å²) in [5.74, 6) is 0.301. The molecule has 3 unspecified atom stereocenters. The van der Waals surface area contributed by atoms with Crippen LogP contribution in [0.25, 0.3) is 22.3 Å². The molecule has 1 spiro atoms. The van der Waals surface area contributed by atoms with Gasteiger partial charge in [0.25, 0.3) is 0 Å². The Morgan fingerprint density at radius 1 is 0.708 bits per heavy atom. The standard InChI is InChI=1S/C46H52O2/c1-7-10-19-28-43(5)42(31-46(48-44(43,6)9-3)40-26-17-13-22-36(40)37-23-14-18-27-41(37)46)33(8-2)29-32(4)30-45(47)38-24-15-11-20-34(38)35-21-12-16-25-39(35)45/h11-18,20-27,30-31,33,47H,7-10,19,28-29H2,1-6H3/b32-30+. The van der Waals surface area contributed by atoms with Gasteiger partial charge in [-0.2, -0.15) is 0 Å². The zero-order valence-electron chi connectivity index (χ0n) is 29.8. The van der Waals surface area contributed by atoms with Crippen LogP contribution in [-0.4, -0.2) is 10.7 Å². The van der Waals surface area contributed by atoms with Crippen molar-refractivity contribution in [3.8, 4) is 22.3 Å². The first kappa shape index (κ1) is 32.8. The van der Waals surface area contributed by atoms with E-state index in [1.165, 1.54) is 52.7 Å². The molecule has 0 saturated carbocycles. The van der Waals surface area contributed by atoms with E-state index in [9.17, 15) is 5.11 Å². The van der Waals surface area contributed by atoms with Crippen molar-refractivity contribution in [2.75, 3.05) is 0 Å². The van der Waals surface area contributed by atoms with Crippen LogP contribution in [0.4, 0.5) is 0 Å². The predicted molar refractivity (Wildman–Crippen MR) is 200 cm³/mol. The number of allylic oxidation sites excluding steroid dienone is 1. The number of rotatable bonds is 10. The topological polar surface area (TPSA) is 29.5 Å². The molecule has 2 nitrogen and oxygen atoms in total. The molecule has 3 aliphatic rings. The molecule has 0 amide bonds. The molecule has 0 aromatic heterocycles. The summed E-state index contributed by atoms with van der Waals surface area (Å²) < 4.78 is 7.67. The van der Waals surface area contributed by atoms with Crippen LogP contribution < -0.4 is 0 Å². The SMILES string of the molecule is CCCCCC1(C)C(C(CC)C/C(C)=C/C2(O)c3ccccc3-c3ccccc32)=CC2(OC1(C)CC)c1ccccc1-c1ccccc12. The predicted octanol–water partition coefficient (Wildman–Crippen LogP) is 11.9. The Balaban J connectivity index is 1.38. The van der Waals surface area contributed by atoms with Crippen LogP contribution in [0.2, 0.25) is 0 Å². The van der Waals surface area contributed by atoms with Gasteiger partial charge in [0.1, 0.15) is 11.2 Å². The lowest BCUT2D eigenvalue weighted by molar-refractivity contribution is -0.181. The summed E-state index contributed by atoms with van der Waals surface area (Å²) >= 11 is 0. The Morgan fingerprint density at radius 2 is 1.19 bits per heavy atom. The van der Waals surface area contributed by atoms with E-state index in [-0.39, 0.29) is 11.0 Å². The molecular formula is C46H52O2. The lowest BCUT2D eigenvalue weighted by atomic mass is 9.57. The van der Waals surface area contributed by atoms with Gasteiger partial charge in [0.2, 0.25) is 0 Å². The van der Waals surface area contributed by atoms with Crippen molar-refractivity contribution in [3.63, 3.8) is 0 Å². The van der Waals surface area contributed by atoms with E-state index in [4.69, 9.17) is 4.74 Å². The maximum Gasteiger partial charge on any atom is 0.139 e. The molecule has 0 bridgehead atoms. The number of hydrogen-bond acceptors (Lipinski definition) is 2. The first-order chi connectivity index (χ1) is 23.2. The summed E-state index contributed by atoms with van der Waals surface area (Å²) in [7, 11) is 0. The minimum Gasteiger partial charge on any atom is -0.377 e. The molecule has 48 heavy (non-hydrogen) atoms. The van der Waals surface area contributed by atoms with Gasteiger partial charge in [0, 0.05) is 16.5 Å². The lowest BCUT2D eigenvalue weighted by Crippen LogP contribution is -2.56. The second kappa shape index (κ2) is 12.3. The van der Waals surface area contributed by atoms with Crippen LogP contribution in [0, 0.1) is 11.3 Å². The van der Waals surface area contributed by atoms with Crippen molar-refractivity contribution < 1.29 is 9.84 Å². The van der Waals surface area contributed by atoms with Gasteiger partial charge in [0.15, 0.2) is 0 Å². The highest BCUT2D eigenvalue weighted by molar-refractivity contribution is 5.82. The summed E-state index contributed by atoms with van der Waals surface area (Å²) in [4.78, 5) is 0. The summed E-state index contributed by atoms with van der Waals surface area (Å²) in [5, 5.41) is 12.5. The Bertz CT molecular complexity index is 1800. The number of benzene rings is 4. The second-order valence-corrected chi connectivity index (χ2v) is 15.1. The molecular weight excluding hydrogens is 585 g/mol. The Kier molecular flexibility index (Phi) is 8.41. The zero-order chi connectivity index (χ0) is 33.7. The maximum atomic E-state index is 12.5. The lowest BCUT2D eigenvalue weighted by Gasteiger charge is -2.57. The van der Waals surface area contributed by atoms with Crippen LogP contribution in [0.1, 0.15) is 109 Å². The Labute approximate surface area is 288 Å². The molecule has 0 saturated heterocycles. The molecule has 7 rings (SSSR count). The molecule has 2 aliphatic carbocycles. The van der Waals surface area contributed by atoms with Crippen LogP contribution in [0.3, 0.4) is 0 Å². The van der Waals surface area contributed by atoms with Gasteiger partial charge >= 0.3 is 0 Å². The van der Waals surface area contributed by atoms with Crippen molar-refractivity contribution in [1.29, 1.82) is 0 Å². The van der Waals surface area contributed by atoms with Crippen molar-refractivity contribution in [3.05, 3.63) is 143 Å². The molecule has 2 heteroatoms. The Hall–Kier alpha value is -3.72. The monoisotopic (exact) mass is 636 g/mol. The first-order valence-electron chi connectivity index (χ1n) is 18.4. The fourth-order valence-corrected chi connectivity index (χ4v) is 9.52. The van der Waals surface area contributed by atoms with Crippen LogP contribution >= 0.6 is 0 Å². The quantitative estimate of drug-likeness (QED) is 0.139. The van der Waals surface area contributed by atoms with Gasteiger partial charge in [-0.25, -0.2) is 0 Å². The number of hydrogen-bond donors (Lipinski definition) is 1. The molecule has 4 aromatic carbocycles. The molecule has 1 heterocycles. The summed E-state index contributed by atoms with van der Waals surface area (Å²) in [6.07, 6.45) is 12.3. The fourth-order valence-electron chi connectivity index (χ4n) is 9.52. The van der Waals surface area contributed by atoms with E-state index in [1.54, 1.807) is 0 Å². The summed E-state index contributed by atoms with van der Waals surface area (Å²) in [6, 6.07) is 34.5. The highest BCUT2D eigenvalue weighted by Crippen LogP contribution is 2.63. The second-order valence-electron chi connectivity index (χ2n) is 15.1. The smallest absolute Gasteiger partial charge is 0.139 e. The highest BCUT2D eigenvalue weighted by Gasteiger charge is 2.58. The third-order valence-corrected chi connectivity index (χ3v) is 12.4. The summed E-state index contributed by atoms with van der Waals surface area (Å²) in [6.45, 7) is 14.1. The van der Waals surface area contributed by atoms with E-state index in [1.807, 2.05) is 12.1 Å².